The monoisotopic (exact) mass is 399 g/mol. The molecule has 3 rings (SSSR count). The Labute approximate surface area is 166 Å². The van der Waals surface area contributed by atoms with Crippen molar-refractivity contribution in [3.05, 3.63) is 87.5 Å². The number of aryl methyl sites for hydroxylation is 1. The van der Waals surface area contributed by atoms with Gasteiger partial charge in [-0.1, -0.05) is 29.3 Å². The summed E-state index contributed by atoms with van der Waals surface area (Å²) in [4.78, 5) is 28.8. The Morgan fingerprint density at radius 3 is 2.11 bits per heavy atom. The number of carbonyl (C=O) groups is 2. The third-order valence-electron chi connectivity index (χ3n) is 3.77. The van der Waals surface area contributed by atoms with Gasteiger partial charge in [0, 0.05) is 33.1 Å². The van der Waals surface area contributed by atoms with Gasteiger partial charge in [0.05, 0.1) is 0 Å². The molecule has 0 fully saturated rings. The van der Waals surface area contributed by atoms with Gasteiger partial charge in [0.2, 0.25) is 0 Å². The maximum Gasteiger partial charge on any atom is 0.256 e. The minimum Gasteiger partial charge on any atom is -0.322 e. The minimum atomic E-state index is -0.347. The van der Waals surface area contributed by atoms with Crippen molar-refractivity contribution >= 4 is 46.5 Å². The predicted octanol–water partition coefficient (Wildman–Crippen LogP) is 5.20. The van der Waals surface area contributed by atoms with Gasteiger partial charge in [-0.2, -0.15) is 0 Å². The van der Waals surface area contributed by atoms with Gasteiger partial charge in [0.25, 0.3) is 11.8 Å². The second-order valence-electron chi connectivity index (χ2n) is 5.81. The summed E-state index contributed by atoms with van der Waals surface area (Å²) in [5, 5.41) is 6.25. The maximum atomic E-state index is 12.3. The number of nitrogens with one attached hydrogen (secondary N) is 2. The molecule has 0 aliphatic carbocycles. The lowest BCUT2D eigenvalue weighted by Crippen LogP contribution is -2.15. The van der Waals surface area contributed by atoms with E-state index in [4.69, 9.17) is 23.2 Å². The van der Waals surface area contributed by atoms with Crippen LogP contribution < -0.4 is 10.6 Å². The van der Waals surface area contributed by atoms with Crippen molar-refractivity contribution < 1.29 is 9.59 Å². The zero-order chi connectivity index (χ0) is 19.4. The molecule has 0 spiro atoms. The number of hydrogen-bond acceptors (Lipinski definition) is 3. The molecule has 0 unspecified atom stereocenters. The summed E-state index contributed by atoms with van der Waals surface area (Å²) in [6, 6.07) is 14.8. The summed E-state index contributed by atoms with van der Waals surface area (Å²) in [5.41, 5.74) is 2.21. The first-order valence-corrected chi connectivity index (χ1v) is 8.78. The number of nitrogens with zero attached hydrogens (tertiary/aromatic N) is 1. The van der Waals surface area contributed by atoms with E-state index in [1.165, 1.54) is 12.1 Å². The Kier molecular flexibility index (Phi) is 5.74. The third-order valence-corrected chi connectivity index (χ3v) is 4.21. The Bertz CT molecular complexity index is 984. The van der Waals surface area contributed by atoms with E-state index in [9.17, 15) is 9.59 Å². The van der Waals surface area contributed by atoms with Gasteiger partial charge >= 0.3 is 0 Å². The van der Waals surface area contributed by atoms with Crippen LogP contribution in [0.4, 0.5) is 11.5 Å². The first kappa shape index (κ1) is 18.9. The summed E-state index contributed by atoms with van der Waals surface area (Å²) in [6.45, 7) is 1.86. The molecule has 0 saturated heterocycles. The number of pyridine rings is 1. The summed E-state index contributed by atoms with van der Waals surface area (Å²) in [7, 11) is 0. The number of benzene rings is 2. The molecule has 7 heteroatoms. The van der Waals surface area contributed by atoms with Gasteiger partial charge < -0.3 is 10.6 Å². The molecule has 0 aliphatic heterocycles. The zero-order valence-corrected chi connectivity index (χ0v) is 15.8. The fourth-order valence-corrected chi connectivity index (χ4v) is 2.92. The fraction of sp³-hybridized carbons (Fsp3) is 0.0500. The van der Waals surface area contributed by atoms with Crippen LogP contribution >= 0.6 is 23.2 Å². The molecule has 3 aromatic rings. The number of carbonyl (C=O) groups excluding carboxylic acids is 2. The summed E-state index contributed by atoms with van der Waals surface area (Å²) < 4.78 is 0. The molecule has 5 nitrogen and oxygen atoms in total. The van der Waals surface area contributed by atoms with Crippen LogP contribution in [-0.2, 0) is 0 Å². The van der Waals surface area contributed by atoms with Crippen molar-refractivity contribution in [3.63, 3.8) is 0 Å². The standard InChI is InChI=1S/C20H15Cl2N3O2/c1-12-3-2-8-23-18(12)25-19(26)13-4-6-17(7-5-13)24-20(27)14-9-15(21)11-16(22)10-14/h2-11H,1H3,(H,24,27)(H,23,25,26). The van der Waals surface area contributed by atoms with Gasteiger partial charge in [-0.3, -0.25) is 9.59 Å². The number of rotatable bonds is 4. The molecule has 0 bridgehead atoms. The molecule has 0 radical (unpaired) electrons. The molecule has 136 valence electrons. The Morgan fingerprint density at radius 2 is 1.48 bits per heavy atom. The molecule has 0 atom stereocenters. The lowest BCUT2D eigenvalue weighted by atomic mass is 10.1. The fourth-order valence-electron chi connectivity index (χ4n) is 2.39. The average molecular weight is 400 g/mol. The van der Waals surface area contributed by atoms with Crippen molar-refractivity contribution in [1.29, 1.82) is 0 Å². The van der Waals surface area contributed by atoms with Crippen LogP contribution in [0.1, 0.15) is 26.3 Å². The van der Waals surface area contributed by atoms with E-state index in [0.29, 0.717) is 32.7 Å². The number of amides is 2. The van der Waals surface area contributed by atoms with Gasteiger partial charge in [0.1, 0.15) is 5.82 Å². The van der Waals surface area contributed by atoms with E-state index < -0.39 is 0 Å². The van der Waals surface area contributed by atoms with E-state index in [1.807, 2.05) is 13.0 Å². The number of halogens is 2. The van der Waals surface area contributed by atoms with Crippen LogP contribution in [0.5, 0.6) is 0 Å². The predicted molar refractivity (Wildman–Crippen MR) is 108 cm³/mol. The molecule has 0 aliphatic rings. The first-order chi connectivity index (χ1) is 12.9. The number of anilines is 2. The molecular weight excluding hydrogens is 385 g/mol. The van der Waals surface area contributed by atoms with Gasteiger partial charge in [-0.25, -0.2) is 4.98 Å². The maximum absolute atomic E-state index is 12.3. The summed E-state index contributed by atoms with van der Waals surface area (Å²) in [6.07, 6.45) is 1.61. The first-order valence-electron chi connectivity index (χ1n) is 8.03. The highest BCUT2D eigenvalue weighted by Crippen LogP contribution is 2.20. The summed E-state index contributed by atoms with van der Waals surface area (Å²) in [5.74, 6) is -0.116. The van der Waals surface area contributed by atoms with Crippen LogP contribution in [-0.4, -0.2) is 16.8 Å². The molecule has 2 N–H and O–H groups in total. The average Bonchev–Trinajstić information content (AvgIpc) is 2.63. The van der Waals surface area contributed by atoms with Crippen molar-refractivity contribution in [2.45, 2.75) is 6.92 Å². The van der Waals surface area contributed by atoms with E-state index in [2.05, 4.69) is 15.6 Å². The third kappa shape index (κ3) is 4.84. The Morgan fingerprint density at radius 1 is 0.852 bits per heavy atom. The van der Waals surface area contributed by atoms with Crippen molar-refractivity contribution in [1.82, 2.24) is 4.98 Å². The smallest absolute Gasteiger partial charge is 0.256 e. The van der Waals surface area contributed by atoms with E-state index >= 15 is 0 Å². The topological polar surface area (TPSA) is 71.1 Å². The van der Waals surface area contributed by atoms with Crippen LogP contribution in [0.3, 0.4) is 0 Å². The largest absolute Gasteiger partial charge is 0.322 e. The van der Waals surface area contributed by atoms with Gasteiger partial charge in [0.15, 0.2) is 0 Å². The lowest BCUT2D eigenvalue weighted by molar-refractivity contribution is 0.101. The Balaban J connectivity index is 1.69. The Hall–Kier alpha value is -2.89. The second kappa shape index (κ2) is 8.20. The number of aromatic nitrogens is 1. The van der Waals surface area contributed by atoms with E-state index in [0.717, 1.165) is 5.56 Å². The van der Waals surface area contributed by atoms with Crippen LogP contribution in [0, 0.1) is 6.92 Å². The van der Waals surface area contributed by atoms with E-state index in [-0.39, 0.29) is 11.8 Å². The van der Waals surface area contributed by atoms with E-state index in [1.54, 1.807) is 42.6 Å². The van der Waals surface area contributed by atoms with Gasteiger partial charge in [-0.05, 0) is 61.0 Å². The van der Waals surface area contributed by atoms with Crippen LogP contribution in [0.2, 0.25) is 10.0 Å². The SMILES string of the molecule is Cc1cccnc1NC(=O)c1ccc(NC(=O)c2cc(Cl)cc(Cl)c2)cc1. The summed E-state index contributed by atoms with van der Waals surface area (Å²) >= 11 is 11.8. The van der Waals surface area contributed by atoms with Crippen LogP contribution in [0.15, 0.2) is 60.8 Å². The highest BCUT2D eigenvalue weighted by atomic mass is 35.5. The molecule has 1 aromatic heterocycles. The normalized spacial score (nSPS) is 10.3. The molecule has 27 heavy (non-hydrogen) atoms. The van der Waals surface area contributed by atoms with Crippen molar-refractivity contribution in [2.75, 3.05) is 10.6 Å². The van der Waals surface area contributed by atoms with Crippen molar-refractivity contribution in [3.8, 4) is 0 Å². The lowest BCUT2D eigenvalue weighted by Gasteiger charge is -2.09. The molecular formula is C20H15Cl2N3O2. The van der Waals surface area contributed by atoms with Crippen molar-refractivity contribution in [2.24, 2.45) is 0 Å². The van der Waals surface area contributed by atoms with Gasteiger partial charge in [-0.15, -0.1) is 0 Å². The number of hydrogen-bond donors (Lipinski definition) is 2. The minimum absolute atomic E-state index is 0.281. The molecule has 0 saturated carbocycles. The highest BCUT2D eigenvalue weighted by molar-refractivity contribution is 6.35. The highest BCUT2D eigenvalue weighted by Gasteiger charge is 2.11. The van der Waals surface area contributed by atoms with Crippen LogP contribution in [0.25, 0.3) is 0 Å². The molecule has 2 aromatic carbocycles. The quantitative estimate of drug-likeness (QED) is 0.632. The molecule has 2 amide bonds. The second-order valence-corrected chi connectivity index (χ2v) is 6.69. The molecule has 1 heterocycles. The zero-order valence-electron chi connectivity index (χ0n) is 14.3.